The van der Waals surface area contributed by atoms with E-state index in [2.05, 4.69) is 16.7 Å². The quantitative estimate of drug-likeness (QED) is 0.526. The van der Waals surface area contributed by atoms with Crippen molar-refractivity contribution in [1.82, 2.24) is 0 Å². The van der Waals surface area contributed by atoms with Crippen molar-refractivity contribution in [3.05, 3.63) is 0 Å². The van der Waals surface area contributed by atoms with E-state index >= 15 is 0 Å². The monoisotopic (exact) mass is 175 g/mol. The molecule has 1 rings (SSSR count). The maximum atomic E-state index is 5.21. The van der Waals surface area contributed by atoms with Crippen LogP contribution in [-0.4, -0.2) is 19.8 Å². The molecular formula is C9H21NO2. The Balaban J connectivity index is 0.000000202. The normalized spacial score (nSPS) is 16.5. The zero-order valence-electron chi connectivity index (χ0n) is 8.05. The van der Waals surface area contributed by atoms with E-state index in [1.165, 1.54) is 19.3 Å². The van der Waals surface area contributed by atoms with Gasteiger partial charge in [-0.3, -0.25) is 0 Å². The van der Waals surface area contributed by atoms with Crippen LogP contribution in [0.15, 0.2) is 0 Å². The molecule has 1 fully saturated rings. The van der Waals surface area contributed by atoms with E-state index in [-0.39, 0.29) is 0 Å². The second-order valence-electron chi connectivity index (χ2n) is 2.85. The number of rotatable bonds is 3. The highest BCUT2D eigenvalue weighted by Gasteiger charge is 1.95. The van der Waals surface area contributed by atoms with Gasteiger partial charge in [-0.15, -0.1) is 0 Å². The van der Waals surface area contributed by atoms with E-state index in [0.717, 1.165) is 32.6 Å². The number of hydrogen-bond acceptors (Lipinski definition) is 3. The molecule has 0 aromatic rings. The van der Waals surface area contributed by atoms with E-state index in [1.807, 2.05) is 0 Å². The molecule has 2 N–H and O–H groups in total. The third-order valence-electron chi connectivity index (χ3n) is 1.60. The summed E-state index contributed by atoms with van der Waals surface area (Å²) in [6, 6.07) is 0. The lowest BCUT2D eigenvalue weighted by atomic mass is 10.3. The van der Waals surface area contributed by atoms with Crippen LogP contribution in [0.2, 0.25) is 0 Å². The minimum absolute atomic E-state index is 0.778. The fourth-order valence-corrected chi connectivity index (χ4v) is 0.834. The van der Waals surface area contributed by atoms with E-state index in [4.69, 9.17) is 5.73 Å². The van der Waals surface area contributed by atoms with E-state index in [1.54, 1.807) is 0 Å². The summed E-state index contributed by atoms with van der Waals surface area (Å²) in [5, 5.41) is 0. The van der Waals surface area contributed by atoms with Crippen LogP contribution in [0.3, 0.4) is 0 Å². The lowest BCUT2D eigenvalue weighted by molar-refractivity contribution is -0.312. The maximum absolute atomic E-state index is 5.21. The lowest BCUT2D eigenvalue weighted by Crippen LogP contribution is -2.05. The Morgan fingerprint density at radius 2 is 1.67 bits per heavy atom. The number of hydrogen-bond donors (Lipinski definition) is 1. The molecule has 0 spiro atoms. The average Bonchev–Trinajstić information content (AvgIpc) is 2.18. The fourth-order valence-electron chi connectivity index (χ4n) is 0.834. The third kappa shape index (κ3) is 9.88. The van der Waals surface area contributed by atoms with Crippen molar-refractivity contribution in [3.63, 3.8) is 0 Å². The first kappa shape index (κ1) is 11.9. The second kappa shape index (κ2) is 10.9. The van der Waals surface area contributed by atoms with Gasteiger partial charge in [-0.1, -0.05) is 19.8 Å². The third-order valence-corrected chi connectivity index (χ3v) is 1.60. The predicted octanol–water partition coefficient (Wildman–Crippen LogP) is 1.86. The van der Waals surface area contributed by atoms with Crippen molar-refractivity contribution in [2.45, 2.75) is 39.0 Å². The molecule has 0 aromatic carbocycles. The average molecular weight is 175 g/mol. The Morgan fingerprint density at radius 1 is 1.08 bits per heavy atom. The maximum Gasteiger partial charge on any atom is 0.0823 e. The van der Waals surface area contributed by atoms with Crippen molar-refractivity contribution >= 4 is 0 Å². The Labute approximate surface area is 75.2 Å². The highest BCUT2D eigenvalue weighted by Crippen LogP contribution is 1.97. The first-order chi connectivity index (χ1) is 5.91. The minimum atomic E-state index is 0.778. The SMILES string of the molecule is C1CCOOC1.CCCCCN. The summed E-state index contributed by atoms with van der Waals surface area (Å²) >= 11 is 0. The standard InChI is InChI=1S/C5H13N.C4H8O2/c1-2-3-4-5-6;1-2-4-6-5-3-1/h2-6H2,1H3;1-4H2. The van der Waals surface area contributed by atoms with Gasteiger partial charge < -0.3 is 5.73 Å². The summed E-state index contributed by atoms with van der Waals surface area (Å²) in [5.74, 6) is 0. The Kier molecular flexibility index (Phi) is 10.8. The van der Waals surface area contributed by atoms with Gasteiger partial charge in [-0.25, -0.2) is 9.78 Å². The van der Waals surface area contributed by atoms with Crippen LogP contribution in [-0.2, 0) is 9.78 Å². The van der Waals surface area contributed by atoms with Crippen molar-refractivity contribution in [1.29, 1.82) is 0 Å². The molecule has 0 amide bonds. The molecule has 3 nitrogen and oxygen atoms in total. The molecule has 3 heteroatoms. The van der Waals surface area contributed by atoms with E-state index in [9.17, 15) is 0 Å². The zero-order chi connectivity index (χ0) is 9.07. The van der Waals surface area contributed by atoms with Crippen LogP contribution in [0.5, 0.6) is 0 Å². The summed E-state index contributed by atoms with van der Waals surface area (Å²) in [5.41, 5.74) is 5.21. The van der Waals surface area contributed by atoms with Crippen LogP contribution in [0.1, 0.15) is 39.0 Å². The molecule has 0 aliphatic carbocycles. The van der Waals surface area contributed by atoms with Gasteiger partial charge in [-0.2, -0.15) is 0 Å². The molecule has 12 heavy (non-hydrogen) atoms. The molecule has 1 aliphatic heterocycles. The van der Waals surface area contributed by atoms with Crippen molar-refractivity contribution in [2.75, 3.05) is 19.8 Å². The van der Waals surface area contributed by atoms with Crippen LogP contribution < -0.4 is 5.73 Å². The predicted molar refractivity (Wildman–Crippen MR) is 49.7 cm³/mol. The van der Waals surface area contributed by atoms with Crippen LogP contribution in [0.25, 0.3) is 0 Å². The summed E-state index contributed by atoms with van der Waals surface area (Å²) in [6.07, 6.45) is 6.06. The van der Waals surface area contributed by atoms with Gasteiger partial charge in [0, 0.05) is 0 Å². The van der Waals surface area contributed by atoms with Crippen molar-refractivity contribution < 1.29 is 9.78 Å². The van der Waals surface area contributed by atoms with Gasteiger partial charge in [0.1, 0.15) is 0 Å². The first-order valence-corrected chi connectivity index (χ1v) is 4.86. The molecule has 0 unspecified atom stereocenters. The number of unbranched alkanes of at least 4 members (excludes halogenated alkanes) is 2. The van der Waals surface area contributed by atoms with Gasteiger partial charge in [0.2, 0.25) is 0 Å². The highest BCUT2D eigenvalue weighted by molar-refractivity contribution is 4.36. The molecule has 1 saturated heterocycles. The lowest BCUT2D eigenvalue weighted by Gasteiger charge is -2.07. The molecular weight excluding hydrogens is 154 g/mol. The summed E-state index contributed by atoms with van der Waals surface area (Å²) in [6.45, 7) is 4.59. The Hall–Kier alpha value is -0.120. The smallest absolute Gasteiger partial charge is 0.0823 e. The summed E-state index contributed by atoms with van der Waals surface area (Å²) < 4.78 is 0. The molecule has 0 aromatic heterocycles. The minimum Gasteiger partial charge on any atom is -0.330 e. The fraction of sp³-hybridized carbons (Fsp3) is 1.00. The molecule has 1 aliphatic rings. The van der Waals surface area contributed by atoms with Gasteiger partial charge in [-0.05, 0) is 25.8 Å². The molecule has 0 bridgehead atoms. The van der Waals surface area contributed by atoms with Gasteiger partial charge in [0.15, 0.2) is 0 Å². The first-order valence-electron chi connectivity index (χ1n) is 4.86. The van der Waals surface area contributed by atoms with Crippen molar-refractivity contribution in [3.8, 4) is 0 Å². The topological polar surface area (TPSA) is 44.5 Å². The molecule has 0 saturated carbocycles. The van der Waals surface area contributed by atoms with E-state index < -0.39 is 0 Å². The van der Waals surface area contributed by atoms with Crippen LogP contribution >= 0.6 is 0 Å². The van der Waals surface area contributed by atoms with Gasteiger partial charge >= 0.3 is 0 Å². The second-order valence-corrected chi connectivity index (χ2v) is 2.85. The Morgan fingerprint density at radius 3 is 1.83 bits per heavy atom. The van der Waals surface area contributed by atoms with Crippen molar-refractivity contribution in [2.24, 2.45) is 5.73 Å². The highest BCUT2D eigenvalue weighted by atomic mass is 17.2. The Bertz CT molecular complexity index is 59.4. The molecule has 0 atom stereocenters. The van der Waals surface area contributed by atoms with E-state index in [0.29, 0.717) is 0 Å². The summed E-state index contributed by atoms with van der Waals surface area (Å²) in [7, 11) is 0. The molecule has 1 heterocycles. The summed E-state index contributed by atoms with van der Waals surface area (Å²) in [4.78, 5) is 9.14. The molecule has 74 valence electrons. The van der Waals surface area contributed by atoms with Gasteiger partial charge in [0.05, 0.1) is 13.2 Å². The van der Waals surface area contributed by atoms with Crippen LogP contribution in [0.4, 0.5) is 0 Å². The molecule has 0 radical (unpaired) electrons. The largest absolute Gasteiger partial charge is 0.330 e. The van der Waals surface area contributed by atoms with Gasteiger partial charge in [0.25, 0.3) is 0 Å². The zero-order valence-corrected chi connectivity index (χ0v) is 8.05. The number of nitrogens with two attached hydrogens (primary N) is 1. The van der Waals surface area contributed by atoms with Crippen LogP contribution in [0, 0.1) is 0 Å².